The molecule has 0 unspecified atom stereocenters. The Morgan fingerprint density at radius 3 is 3.00 bits per heavy atom. The first-order valence-electron chi connectivity index (χ1n) is 4.71. The summed E-state index contributed by atoms with van der Waals surface area (Å²) in [6, 6.07) is 0. The average Bonchev–Trinajstić information content (AvgIpc) is 2.07. The molecule has 2 nitrogen and oxygen atoms in total. The van der Waals surface area contributed by atoms with Crippen LogP contribution in [-0.4, -0.2) is 31.1 Å². The lowest BCUT2D eigenvalue weighted by molar-refractivity contribution is 0.287. The first-order valence-corrected chi connectivity index (χ1v) is 4.71. The summed E-state index contributed by atoms with van der Waals surface area (Å²) in [7, 11) is 0. The van der Waals surface area contributed by atoms with E-state index in [-0.39, 0.29) is 0 Å². The zero-order chi connectivity index (χ0) is 7.94. The number of rotatable bonds is 4. The van der Waals surface area contributed by atoms with E-state index in [0.29, 0.717) is 0 Å². The Kier molecular flexibility index (Phi) is 4.55. The molecular formula is C9H19N2. The van der Waals surface area contributed by atoms with Crippen LogP contribution in [0.4, 0.5) is 0 Å². The summed E-state index contributed by atoms with van der Waals surface area (Å²) in [6.45, 7) is 9.20. The van der Waals surface area contributed by atoms with Crippen molar-refractivity contribution in [3.05, 3.63) is 6.54 Å². The molecule has 0 aromatic carbocycles. The van der Waals surface area contributed by atoms with Crippen molar-refractivity contribution < 1.29 is 0 Å². The molecule has 65 valence electrons. The molecule has 1 aliphatic heterocycles. The maximum atomic E-state index is 3.31. The summed E-state index contributed by atoms with van der Waals surface area (Å²) >= 11 is 0. The molecule has 1 fully saturated rings. The maximum Gasteiger partial charge on any atom is 0.0389 e. The highest BCUT2D eigenvalue weighted by Crippen LogP contribution is 2.01. The first-order chi connectivity index (χ1) is 5.43. The molecule has 0 bridgehead atoms. The van der Waals surface area contributed by atoms with E-state index in [4.69, 9.17) is 0 Å². The molecule has 0 aliphatic carbocycles. The van der Waals surface area contributed by atoms with Crippen LogP contribution < -0.4 is 5.32 Å². The van der Waals surface area contributed by atoms with Crippen molar-refractivity contribution in [3.8, 4) is 0 Å². The Balaban J connectivity index is 1.96. The molecule has 0 saturated carbocycles. The van der Waals surface area contributed by atoms with Gasteiger partial charge in [-0.2, -0.15) is 0 Å². The molecule has 0 aromatic heterocycles. The zero-order valence-electron chi connectivity index (χ0n) is 7.47. The van der Waals surface area contributed by atoms with E-state index in [1.54, 1.807) is 0 Å². The molecule has 1 N–H and O–H groups in total. The van der Waals surface area contributed by atoms with Gasteiger partial charge in [0.25, 0.3) is 0 Å². The van der Waals surface area contributed by atoms with E-state index < -0.39 is 0 Å². The smallest absolute Gasteiger partial charge is 0.0389 e. The Morgan fingerprint density at radius 1 is 1.45 bits per heavy atom. The molecular weight excluding hydrogens is 136 g/mol. The van der Waals surface area contributed by atoms with Crippen molar-refractivity contribution in [2.75, 3.05) is 26.2 Å². The van der Waals surface area contributed by atoms with Gasteiger partial charge in [0.2, 0.25) is 0 Å². The molecule has 2 heteroatoms. The Bertz CT molecular complexity index is 87.6. The van der Waals surface area contributed by atoms with Crippen LogP contribution in [0.2, 0.25) is 0 Å². The van der Waals surface area contributed by atoms with E-state index in [2.05, 4.69) is 23.7 Å². The fourth-order valence-electron chi connectivity index (χ4n) is 1.38. The van der Waals surface area contributed by atoms with E-state index in [9.17, 15) is 0 Å². The quantitative estimate of drug-likeness (QED) is 0.615. The minimum absolute atomic E-state index is 1.06. The van der Waals surface area contributed by atoms with Gasteiger partial charge in [0.05, 0.1) is 0 Å². The molecule has 1 saturated heterocycles. The van der Waals surface area contributed by atoms with E-state index >= 15 is 0 Å². The highest BCUT2D eigenvalue weighted by Gasteiger charge is 2.07. The Morgan fingerprint density at radius 2 is 2.36 bits per heavy atom. The van der Waals surface area contributed by atoms with Gasteiger partial charge in [-0.3, -0.25) is 4.90 Å². The minimum atomic E-state index is 1.06. The van der Waals surface area contributed by atoms with Crippen LogP contribution in [0.5, 0.6) is 0 Å². The van der Waals surface area contributed by atoms with Crippen LogP contribution >= 0.6 is 0 Å². The highest BCUT2D eigenvalue weighted by atomic mass is 15.2. The lowest BCUT2D eigenvalue weighted by Crippen LogP contribution is -2.40. The number of nitrogens with zero attached hydrogens (tertiary/aromatic N) is 1. The summed E-state index contributed by atoms with van der Waals surface area (Å²) in [6.07, 6.45) is 4.05. The normalized spacial score (nSPS) is 20.5. The van der Waals surface area contributed by atoms with E-state index in [1.165, 1.54) is 32.4 Å². The molecule has 1 heterocycles. The number of hydrogen-bond donors (Lipinski definition) is 1. The molecule has 11 heavy (non-hydrogen) atoms. The van der Waals surface area contributed by atoms with Gasteiger partial charge in [0.15, 0.2) is 0 Å². The van der Waals surface area contributed by atoms with Crippen molar-refractivity contribution in [1.82, 2.24) is 10.2 Å². The van der Waals surface area contributed by atoms with Gasteiger partial charge in [-0.1, -0.05) is 19.8 Å². The summed E-state index contributed by atoms with van der Waals surface area (Å²) < 4.78 is 0. The Labute approximate surface area is 70.0 Å². The molecule has 1 aliphatic rings. The molecule has 1 radical (unpaired) electrons. The predicted octanol–water partition coefficient (Wildman–Crippen LogP) is 1.24. The van der Waals surface area contributed by atoms with Gasteiger partial charge in [0.1, 0.15) is 0 Å². The summed E-state index contributed by atoms with van der Waals surface area (Å²) in [5.74, 6) is 0. The second-order valence-electron chi connectivity index (χ2n) is 3.13. The predicted molar refractivity (Wildman–Crippen MR) is 48.3 cm³/mol. The lowest BCUT2D eigenvalue weighted by Gasteiger charge is -2.26. The van der Waals surface area contributed by atoms with Gasteiger partial charge in [-0.15, -0.1) is 0 Å². The third-order valence-corrected chi connectivity index (χ3v) is 2.12. The van der Waals surface area contributed by atoms with Crippen molar-refractivity contribution in [2.45, 2.75) is 26.2 Å². The van der Waals surface area contributed by atoms with Crippen molar-refractivity contribution in [2.24, 2.45) is 0 Å². The summed E-state index contributed by atoms with van der Waals surface area (Å²) in [4.78, 5) is 2.44. The van der Waals surface area contributed by atoms with Gasteiger partial charge in [0, 0.05) is 26.2 Å². The second-order valence-corrected chi connectivity index (χ2v) is 3.13. The topological polar surface area (TPSA) is 15.3 Å². The van der Waals surface area contributed by atoms with Gasteiger partial charge >= 0.3 is 0 Å². The van der Waals surface area contributed by atoms with Crippen molar-refractivity contribution in [1.29, 1.82) is 0 Å². The zero-order valence-corrected chi connectivity index (χ0v) is 7.47. The standard InChI is InChI=1S/C9H19N2/c1-2-3-4-7-11-8-5-10-6-9-11/h8,10H,2-7,9H2,1H3. The third kappa shape index (κ3) is 3.73. The van der Waals surface area contributed by atoms with Crippen LogP contribution in [0.1, 0.15) is 26.2 Å². The molecule has 1 rings (SSSR count). The first kappa shape index (κ1) is 9.01. The molecule has 0 spiro atoms. The number of hydrogen-bond acceptors (Lipinski definition) is 2. The minimum Gasteiger partial charge on any atom is -0.314 e. The summed E-state index contributed by atoms with van der Waals surface area (Å²) in [5.41, 5.74) is 0. The van der Waals surface area contributed by atoms with Crippen LogP contribution in [0, 0.1) is 6.54 Å². The monoisotopic (exact) mass is 155 g/mol. The van der Waals surface area contributed by atoms with Crippen LogP contribution in [0.15, 0.2) is 0 Å². The third-order valence-electron chi connectivity index (χ3n) is 2.12. The Hall–Kier alpha value is -0.0800. The average molecular weight is 155 g/mol. The van der Waals surface area contributed by atoms with Crippen LogP contribution in [0.25, 0.3) is 0 Å². The van der Waals surface area contributed by atoms with E-state index in [0.717, 1.165) is 13.1 Å². The number of unbranched alkanes of at least 4 members (excludes halogenated alkanes) is 2. The molecule has 0 aromatic rings. The van der Waals surface area contributed by atoms with Crippen molar-refractivity contribution in [3.63, 3.8) is 0 Å². The lowest BCUT2D eigenvalue weighted by atomic mass is 10.2. The van der Waals surface area contributed by atoms with Crippen molar-refractivity contribution >= 4 is 0 Å². The second kappa shape index (κ2) is 5.56. The molecule has 0 atom stereocenters. The van der Waals surface area contributed by atoms with Gasteiger partial charge in [-0.05, 0) is 13.0 Å². The van der Waals surface area contributed by atoms with Gasteiger partial charge < -0.3 is 5.32 Å². The fraction of sp³-hybridized carbons (Fsp3) is 0.889. The number of piperazine rings is 1. The SMILES string of the molecule is CCCCCN1[CH]CNCC1. The van der Waals surface area contributed by atoms with E-state index in [1.807, 2.05) is 0 Å². The summed E-state index contributed by atoms with van der Waals surface area (Å²) in [5, 5.41) is 3.31. The maximum absolute atomic E-state index is 3.31. The highest BCUT2D eigenvalue weighted by molar-refractivity contribution is 4.77. The van der Waals surface area contributed by atoms with Crippen LogP contribution in [-0.2, 0) is 0 Å². The van der Waals surface area contributed by atoms with Gasteiger partial charge in [-0.25, -0.2) is 0 Å². The molecule has 0 amide bonds. The largest absolute Gasteiger partial charge is 0.314 e. The number of nitrogens with one attached hydrogen (secondary N) is 1. The van der Waals surface area contributed by atoms with Crippen LogP contribution in [0.3, 0.4) is 0 Å². The fourth-order valence-corrected chi connectivity index (χ4v) is 1.38.